The fourth-order valence-electron chi connectivity index (χ4n) is 0.623. The van der Waals surface area contributed by atoms with Crippen molar-refractivity contribution in [2.75, 3.05) is 0 Å². The SMILES string of the molecule is CCCC(=O)c1nnn[nH]1.[NaH]. The maximum absolute atomic E-state index is 10.9. The van der Waals surface area contributed by atoms with Gasteiger partial charge in [0.2, 0.25) is 11.6 Å². The number of ketones is 1. The summed E-state index contributed by atoms with van der Waals surface area (Å²) in [5.41, 5.74) is 0. The summed E-state index contributed by atoms with van der Waals surface area (Å²) in [7, 11) is 0. The molecule has 0 amide bonds. The third-order valence-electron chi connectivity index (χ3n) is 1.09. The molecule has 0 radical (unpaired) electrons. The van der Waals surface area contributed by atoms with Crippen LogP contribution in [0.3, 0.4) is 0 Å². The van der Waals surface area contributed by atoms with Crippen molar-refractivity contribution < 1.29 is 4.79 Å². The molecule has 0 aliphatic heterocycles. The Labute approximate surface area is 86.2 Å². The Morgan fingerprint density at radius 3 is 2.82 bits per heavy atom. The van der Waals surface area contributed by atoms with Gasteiger partial charge < -0.3 is 0 Å². The van der Waals surface area contributed by atoms with Crippen LogP contribution in [0.1, 0.15) is 30.4 Å². The predicted molar refractivity (Wildman–Crippen MR) is 40.6 cm³/mol. The average molecular weight is 164 g/mol. The van der Waals surface area contributed by atoms with Crippen molar-refractivity contribution in [1.82, 2.24) is 20.6 Å². The van der Waals surface area contributed by atoms with E-state index in [9.17, 15) is 4.79 Å². The molecule has 6 heteroatoms. The number of nitrogens with zero attached hydrogens (tertiary/aromatic N) is 3. The first-order chi connectivity index (χ1) is 4.84. The van der Waals surface area contributed by atoms with Gasteiger partial charge in [-0.1, -0.05) is 6.92 Å². The molecule has 0 spiro atoms. The zero-order valence-electron chi connectivity index (χ0n) is 5.66. The minimum atomic E-state index is -0.0347. The first kappa shape index (κ1) is 10.7. The van der Waals surface area contributed by atoms with Gasteiger partial charge in [0.05, 0.1) is 0 Å². The van der Waals surface area contributed by atoms with Gasteiger partial charge >= 0.3 is 29.6 Å². The second-order valence-corrected chi connectivity index (χ2v) is 1.92. The molecule has 0 atom stereocenters. The number of hydrogen-bond acceptors (Lipinski definition) is 4. The summed E-state index contributed by atoms with van der Waals surface area (Å²) in [5, 5.41) is 12.4. The van der Waals surface area contributed by atoms with E-state index in [0.29, 0.717) is 6.42 Å². The van der Waals surface area contributed by atoms with Crippen molar-refractivity contribution >= 4 is 35.3 Å². The second kappa shape index (κ2) is 5.40. The molecule has 0 bridgehead atoms. The van der Waals surface area contributed by atoms with Crippen LogP contribution in [-0.2, 0) is 0 Å². The van der Waals surface area contributed by atoms with E-state index in [1.165, 1.54) is 0 Å². The molecule has 1 aromatic heterocycles. The van der Waals surface area contributed by atoms with E-state index in [0.717, 1.165) is 6.42 Å². The number of H-pyrrole nitrogens is 1. The minimum absolute atomic E-state index is 0. The molecule has 0 aromatic carbocycles. The molecule has 5 nitrogen and oxygen atoms in total. The van der Waals surface area contributed by atoms with E-state index in [2.05, 4.69) is 20.6 Å². The molecule has 56 valence electrons. The van der Waals surface area contributed by atoms with Crippen LogP contribution < -0.4 is 0 Å². The van der Waals surface area contributed by atoms with E-state index in [1.54, 1.807) is 0 Å². The van der Waals surface area contributed by atoms with E-state index >= 15 is 0 Å². The topological polar surface area (TPSA) is 71.5 Å². The maximum atomic E-state index is 10.9. The van der Waals surface area contributed by atoms with E-state index < -0.39 is 0 Å². The molecule has 1 N–H and O–H groups in total. The van der Waals surface area contributed by atoms with Crippen molar-refractivity contribution in [3.63, 3.8) is 0 Å². The number of rotatable bonds is 3. The molecule has 1 heterocycles. The number of carbonyl (C=O) groups excluding carboxylic acids is 1. The van der Waals surface area contributed by atoms with E-state index in [-0.39, 0.29) is 41.2 Å². The molecule has 0 aliphatic rings. The standard InChI is InChI=1S/C5H8N4O.Na.H/c1-2-3-4(10)5-6-8-9-7-5;;/h2-3H2,1H3,(H,6,7,8,9);;. The fraction of sp³-hybridized carbons (Fsp3) is 0.600. The van der Waals surface area contributed by atoms with Crippen LogP contribution in [0.5, 0.6) is 0 Å². The number of aromatic nitrogens is 4. The van der Waals surface area contributed by atoms with Gasteiger partial charge in [0.25, 0.3) is 0 Å². The van der Waals surface area contributed by atoms with Crippen molar-refractivity contribution in [3.05, 3.63) is 5.82 Å². The number of aromatic amines is 1. The Morgan fingerprint density at radius 2 is 2.36 bits per heavy atom. The van der Waals surface area contributed by atoms with Crippen LogP contribution in [0.4, 0.5) is 0 Å². The Morgan fingerprint density at radius 1 is 1.64 bits per heavy atom. The summed E-state index contributed by atoms with van der Waals surface area (Å²) in [6, 6.07) is 0. The zero-order chi connectivity index (χ0) is 7.40. The Hall–Kier alpha value is -0.260. The van der Waals surface area contributed by atoms with Gasteiger partial charge in [-0.05, 0) is 16.8 Å². The second-order valence-electron chi connectivity index (χ2n) is 1.92. The molecule has 1 aromatic rings. The first-order valence-electron chi connectivity index (χ1n) is 3.11. The number of carbonyl (C=O) groups is 1. The van der Waals surface area contributed by atoms with Crippen LogP contribution in [0.25, 0.3) is 0 Å². The third kappa shape index (κ3) is 3.09. The van der Waals surface area contributed by atoms with Crippen LogP contribution in [0.2, 0.25) is 0 Å². The Balaban J connectivity index is 0.000001000. The van der Waals surface area contributed by atoms with Gasteiger partial charge in [-0.3, -0.25) is 4.79 Å². The molecular weight excluding hydrogens is 155 g/mol. The van der Waals surface area contributed by atoms with Crippen molar-refractivity contribution in [3.8, 4) is 0 Å². The summed E-state index contributed by atoms with van der Waals surface area (Å²) in [4.78, 5) is 10.9. The molecule has 1 rings (SSSR count). The van der Waals surface area contributed by atoms with Gasteiger partial charge in [-0.15, -0.1) is 5.10 Å². The van der Waals surface area contributed by atoms with Crippen LogP contribution in [-0.4, -0.2) is 56.0 Å². The fourth-order valence-corrected chi connectivity index (χ4v) is 0.623. The van der Waals surface area contributed by atoms with Gasteiger partial charge in [0, 0.05) is 6.42 Å². The quantitative estimate of drug-likeness (QED) is 0.484. The predicted octanol–water partition coefficient (Wildman–Crippen LogP) is -0.466. The molecule has 0 unspecified atom stereocenters. The number of nitrogens with one attached hydrogen (secondary N) is 1. The number of hydrogen-bond donors (Lipinski definition) is 1. The van der Waals surface area contributed by atoms with Crippen LogP contribution >= 0.6 is 0 Å². The zero-order valence-corrected chi connectivity index (χ0v) is 5.66. The Kier molecular flexibility index (Phi) is 5.27. The normalized spacial score (nSPS) is 8.82. The molecule has 0 saturated heterocycles. The summed E-state index contributed by atoms with van der Waals surface area (Å²) in [6.45, 7) is 1.93. The van der Waals surface area contributed by atoms with Gasteiger partial charge in [0.1, 0.15) is 0 Å². The van der Waals surface area contributed by atoms with E-state index in [4.69, 9.17) is 0 Å². The summed E-state index contributed by atoms with van der Waals surface area (Å²) in [6.07, 6.45) is 1.32. The van der Waals surface area contributed by atoms with Gasteiger partial charge in [-0.2, -0.15) is 0 Å². The number of tetrazole rings is 1. The summed E-state index contributed by atoms with van der Waals surface area (Å²) >= 11 is 0. The molecule has 0 fully saturated rings. The molecule has 0 saturated carbocycles. The molecule has 11 heavy (non-hydrogen) atoms. The average Bonchev–Trinajstić information content (AvgIpc) is 2.38. The van der Waals surface area contributed by atoms with Crippen molar-refractivity contribution in [1.29, 1.82) is 0 Å². The van der Waals surface area contributed by atoms with Crippen LogP contribution in [0.15, 0.2) is 0 Å². The third-order valence-corrected chi connectivity index (χ3v) is 1.09. The van der Waals surface area contributed by atoms with Crippen LogP contribution in [0, 0.1) is 0 Å². The molecule has 0 aliphatic carbocycles. The first-order valence-corrected chi connectivity index (χ1v) is 3.11. The van der Waals surface area contributed by atoms with Gasteiger partial charge in [0.15, 0.2) is 0 Å². The molecular formula is C5H9N4NaO. The van der Waals surface area contributed by atoms with Crippen molar-refractivity contribution in [2.45, 2.75) is 19.8 Å². The Bertz CT molecular complexity index is 210. The number of Topliss-reactive ketones (excluding diaryl/α,β-unsaturated/α-hetero) is 1. The van der Waals surface area contributed by atoms with Crippen molar-refractivity contribution in [2.24, 2.45) is 0 Å². The monoisotopic (exact) mass is 164 g/mol. The van der Waals surface area contributed by atoms with Gasteiger partial charge in [-0.25, -0.2) is 5.10 Å². The van der Waals surface area contributed by atoms with E-state index in [1.807, 2.05) is 6.92 Å². The summed E-state index contributed by atoms with van der Waals surface area (Å²) < 4.78 is 0. The summed E-state index contributed by atoms with van der Waals surface area (Å²) in [5.74, 6) is 0.217.